The number of anilines is 1. The lowest BCUT2D eigenvalue weighted by molar-refractivity contribution is -0.115. The third kappa shape index (κ3) is 4.13. The normalized spacial score (nSPS) is 14.9. The van der Waals surface area contributed by atoms with Crippen molar-refractivity contribution < 1.29 is 9.53 Å². The second-order valence-electron chi connectivity index (χ2n) is 7.96. The van der Waals surface area contributed by atoms with E-state index in [2.05, 4.69) is 10.3 Å². The zero-order chi connectivity index (χ0) is 23.7. The summed E-state index contributed by atoms with van der Waals surface area (Å²) in [6.45, 7) is 2.27. The van der Waals surface area contributed by atoms with Crippen molar-refractivity contribution in [2.45, 2.75) is 19.6 Å². The van der Waals surface area contributed by atoms with E-state index in [0.29, 0.717) is 40.2 Å². The summed E-state index contributed by atoms with van der Waals surface area (Å²) < 4.78 is 7.58. The van der Waals surface area contributed by atoms with E-state index in [9.17, 15) is 4.79 Å². The van der Waals surface area contributed by atoms with E-state index in [1.54, 1.807) is 17.7 Å². The van der Waals surface area contributed by atoms with Crippen LogP contribution < -0.4 is 15.8 Å². The Morgan fingerprint density at radius 1 is 1.06 bits per heavy atom. The van der Waals surface area contributed by atoms with Crippen LogP contribution in [-0.2, 0) is 11.4 Å². The number of rotatable bonds is 6. The predicted octanol–water partition coefficient (Wildman–Crippen LogP) is 4.95. The van der Waals surface area contributed by atoms with Crippen LogP contribution in [-0.4, -0.2) is 20.7 Å². The fourth-order valence-electron chi connectivity index (χ4n) is 4.02. The van der Waals surface area contributed by atoms with Gasteiger partial charge in [0.15, 0.2) is 5.82 Å². The second kappa shape index (κ2) is 9.03. The molecule has 0 saturated heterocycles. The zero-order valence-corrected chi connectivity index (χ0v) is 19.2. The number of aromatic nitrogens is 3. The molecule has 7 nitrogen and oxygen atoms in total. The number of carbonyl (C=O) groups is 1. The van der Waals surface area contributed by atoms with Crippen LogP contribution in [0.1, 0.15) is 24.1 Å². The monoisotopic (exact) mass is 471 g/mol. The van der Waals surface area contributed by atoms with Crippen LogP contribution in [0.25, 0.3) is 11.4 Å². The number of amides is 1. The van der Waals surface area contributed by atoms with E-state index in [4.69, 9.17) is 27.2 Å². The molecular weight excluding hydrogens is 450 g/mol. The first kappa shape index (κ1) is 21.7. The van der Waals surface area contributed by atoms with Crippen molar-refractivity contribution in [3.63, 3.8) is 0 Å². The van der Waals surface area contributed by atoms with Gasteiger partial charge in [0.05, 0.1) is 10.6 Å². The van der Waals surface area contributed by atoms with Gasteiger partial charge in [-0.15, -0.1) is 5.10 Å². The minimum atomic E-state index is -0.541. The molecule has 3 N–H and O–H groups in total. The number of hydrogen-bond donors (Lipinski definition) is 2. The molecule has 1 atom stereocenters. The Morgan fingerprint density at radius 3 is 2.47 bits per heavy atom. The average Bonchev–Trinajstić information content (AvgIpc) is 3.26. The van der Waals surface area contributed by atoms with Crippen LogP contribution in [0.5, 0.6) is 5.75 Å². The maximum atomic E-state index is 12.4. The molecule has 0 fully saturated rings. The molecule has 0 unspecified atom stereocenters. The largest absolute Gasteiger partial charge is 0.489 e. The molecule has 0 bridgehead atoms. The third-order valence-electron chi connectivity index (χ3n) is 5.68. The summed E-state index contributed by atoms with van der Waals surface area (Å²) in [4.78, 5) is 17.1. The van der Waals surface area contributed by atoms with Crippen LogP contribution in [0.15, 0.2) is 90.1 Å². The number of benzene rings is 3. The van der Waals surface area contributed by atoms with Crippen molar-refractivity contribution in [3.8, 4) is 17.1 Å². The summed E-state index contributed by atoms with van der Waals surface area (Å²) in [6, 6.07) is 24.3. The van der Waals surface area contributed by atoms with Gasteiger partial charge in [-0.25, -0.2) is 4.68 Å². The van der Waals surface area contributed by atoms with Crippen LogP contribution in [0.3, 0.4) is 0 Å². The molecule has 1 aliphatic rings. The smallest absolute Gasteiger partial charge is 0.248 e. The van der Waals surface area contributed by atoms with Crippen molar-refractivity contribution in [1.29, 1.82) is 0 Å². The van der Waals surface area contributed by atoms with Gasteiger partial charge in [-0.2, -0.15) is 4.98 Å². The molecule has 0 saturated carbocycles. The number of halogens is 1. The Morgan fingerprint density at radius 2 is 1.76 bits per heavy atom. The lowest BCUT2D eigenvalue weighted by Crippen LogP contribution is -2.31. The second-order valence-corrected chi connectivity index (χ2v) is 8.36. The number of allylic oxidation sites excluding steroid dienone is 1. The highest BCUT2D eigenvalue weighted by atomic mass is 35.5. The Balaban J connectivity index is 1.49. The minimum Gasteiger partial charge on any atom is -0.489 e. The first-order chi connectivity index (χ1) is 16.5. The molecule has 170 valence electrons. The molecule has 0 radical (unpaired) electrons. The van der Waals surface area contributed by atoms with Gasteiger partial charge >= 0.3 is 0 Å². The number of nitrogens with two attached hydrogens (primary N) is 1. The molecule has 34 heavy (non-hydrogen) atoms. The summed E-state index contributed by atoms with van der Waals surface area (Å²) in [7, 11) is 0. The van der Waals surface area contributed by atoms with Gasteiger partial charge in [-0.05, 0) is 42.3 Å². The van der Waals surface area contributed by atoms with Gasteiger partial charge < -0.3 is 15.8 Å². The van der Waals surface area contributed by atoms with Gasteiger partial charge in [0, 0.05) is 11.3 Å². The van der Waals surface area contributed by atoms with Gasteiger partial charge in [-0.1, -0.05) is 66.2 Å². The Kier molecular flexibility index (Phi) is 5.77. The van der Waals surface area contributed by atoms with Gasteiger partial charge in [-0.3, -0.25) is 4.79 Å². The molecule has 3 aromatic carbocycles. The van der Waals surface area contributed by atoms with Gasteiger partial charge in [0.25, 0.3) is 0 Å². The van der Waals surface area contributed by atoms with E-state index >= 15 is 0 Å². The number of fused-ring (bicyclic) bond motifs is 1. The summed E-state index contributed by atoms with van der Waals surface area (Å²) in [5.41, 5.74) is 9.45. The minimum absolute atomic E-state index is 0.418. The quantitative estimate of drug-likeness (QED) is 0.414. The van der Waals surface area contributed by atoms with Gasteiger partial charge in [0.2, 0.25) is 11.9 Å². The third-order valence-corrected chi connectivity index (χ3v) is 6.01. The number of ether oxygens (including phenoxy) is 1. The molecular formula is C26H22ClN5O2. The summed E-state index contributed by atoms with van der Waals surface area (Å²) in [5, 5.41) is 8.38. The molecule has 8 heteroatoms. The molecule has 5 rings (SSSR count). The molecule has 2 heterocycles. The van der Waals surface area contributed by atoms with Crippen LogP contribution >= 0.6 is 11.6 Å². The van der Waals surface area contributed by atoms with Crippen LogP contribution in [0.2, 0.25) is 5.02 Å². The Bertz CT molecular complexity index is 1380. The topological polar surface area (TPSA) is 95.1 Å². The summed E-state index contributed by atoms with van der Waals surface area (Å²) >= 11 is 6.37. The lowest BCUT2D eigenvalue weighted by Gasteiger charge is -2.27. The number of nitrogens with zero attached hydrogens (tertiary/aromatic N) is 3. The van der Waals surface area contributed by atoms with E-state index in [-0.39, 0.29) is 0 Å². The lowest BCUT2D eigenvalue weighted by atomic mass is 9.95. The van der Waals surface area contributed by atoms with Gasteiger partial charge in [0.1, 0.15) is 18.4 Å². The van der Waals surface area contributed by atoms with E-state index < -0.39 is 11.9 Å². The first-order valence-electron chi connectivity index (χ1n) is 10.8. The van der Waals surface area contributed by atoms with E-state index in [1.807, 2.05) is 72.8 Å². The standard InChI is InChI=1S/C26H22ClN5O2/c1-16-22(24(28)33)23(18-11-13-19(14-12-18)34-15-17-7-3-2-4-8-17)32-26(29-16)30-25(31-32)20-9-5-6-10-21(20)27/h2-14,23H,15H2,1H3,(H2,28,33)(H,29,30,31)/t23-/m0/s1. The van der Waals surface area contributed by atoms with Crippen LogP contribution in [0, 0.1) is 0 Å². The number of nitrogens with one attached hydrogen (secondary N) is 1. The van der Waals surface area contributed by atoms with Crippen molar-refractivity contribution in [2.24, 2.45) is 5.73 Å². The molecule has 0 aliphatic carbocycles. The summed E-state index contributed by atoms with van der Waals surface area (Å²) in [6.07, 6.45) is 0. The predicted molar refractivity (Wildman–Crippen MR) is 131 cm³/mol. The highest BCUT2D eigenvalue weighted by molar-refractivity contribution is 6.33. The highest BCUT2D eigenvalue weighted by Gasteiger charge is 2.33. The number of primary amides is 1. The zero-order valence-electron chi connectivity index (χ0n) is 18.4. The number of carbonyl (C=O) groups excluding carboxylic acids is 1. The fourth-order valence-corrected chi connectivity index (χ4v) is 4.24. The Hall–Kier alpha value is -4.10. The van der Waals surface area contributed by atoms with Crippen molar-refractivity contribution >= 4 is 23.5 Å². The highest BCUT2D eigenvalue weighted by Crippen LogP contribution is 2.37. The van der Waals surface area contributed by atoms with Crippen LogP contribution in [0.4, 0.5) is 5.95 Å². The molecule has 1 aromatic heterocycles. The maximum Gasteiger partial charge on any atom is 0.248 e. The Labute approximate surface area is 201 Å². The molecule has 0 spiro atoms. The maximum absolute atomic E-state index is 12.4. The van der Waals surface area contributed by atoms with E-state index in [1.165, 1.54) is 0 Å². The molecule has 1 aliphatic heterocycles. The van der Waals surface area contributed by atoms with Crippen molar-refractivity contribution in [3.05, 3.63) is 106 Å². The SMILES string of the molecule is CC1=C(C(N)=O)[C@H](c2ccc(OCc3ccccc3)cc2)n2nc(-c3ccccc3Cl)nc2N1. The first-order valence-corrected chi connectivity index (χ1v) is 11.1. The fraction of sp³-hybridized carbons (Fsp3) is 0.115. The van der Waals surface area contributed by atoms with Crippen molar-refractivity contribution in [1.82, 2.24) is 14.8 Å². The summed E-state index contributed by atoms with van der Waals surface area (Å²) in [5.74, 6) is 1.16. The molecule has 4 aromatic rings. The average molecular weight is 472 g/mol. The van der Waals surface area contributed by atoms with Crippen molar-refractivity contribution in [2.75, 3.05) is 5.32 Å². The van der Waals surface area contributed by atoms with E-state index in [0.717, 1.165) is 16.9 Å². The number of hydrogen-bond acceptors (Lipinski definition) is 5. The molecule has 1 amide bonds.